The molecule has 2 atom stereocenters. The van der Waals surface area contributed by atoms with Crippen LogP contribution in [-0.4, -0.2) is 58.0 Å². The van der Waals surface area contributed by atoms with Crippen LogP contribution < -0.4 is 11.1 Å². The number of carbonyl (C=O) groups is 3. The van der Waals surface area contributed by atoms with E-state index in [0.29, 0.717) is 18.1 Å². The molecule has 7 nitrogen and oxygen atoms in total. The molecule has 18 heavy (non-hydrogen) atoms. The first-order chi connectivity index (χ1) is 8.41. The van der Waals surface area contributed by atoms with Crippen molar-refractivity contribution in [1.29, 1.82) is 0 Å². The van der Waals surface area contributed by atoms with E-state index in [2.05, 4.69) is 5.32 Å². The minimum atomic E-state index is -1.01. The predicted molar refractivity (Wildman–Crippen MR) is 67.3 cm³/mol. The summed E-state index contributed by atoms with van der Waals surface area (Å²) in [6.07, 6.45) is 0.0338. The van der Waals surface area contributed by atoms with Crippen molar-refractivity contribution in [1.82, 2.24) is 10.2 Å². The molecular formula is C10H17N3O4S. The van der Waals surface area contributed by atoms with Gasteiger partial charge in [0, 0.05) is 30.5 Å². The zero-order valence-electron chi connectivity index (χ0n) is 10.1. The first-order valence-corrected chi connectivity index (χ1v) is 6.73. The Morgan fingerprint density at radius 1 is 1.56 bits per heavy atom. The number of carbonyl (C=O) groups excluding carboxylic acids is 2. The van der Waals surface area contributed by atoms with Crippen molar-refractivity contribution in [2.75, 3.05) is 18.1 Å². The monoisotopic (exact) mass is 275 g/mol. The fraction of sp³-hybridized carbons (Fsp3) is 0.700. The van der Waals surface area contributed by atoms with Gasteiger partial charge in [-0.1, -0.05) is 0 Å². The third-order valence-electron chi connectivity index (χ3n) is 2.55. The maximum absolute atomic E-state index is 11.9. The molecule has 1 saturated heterocycles. The minimum absolute atomic E-state index is 0.0338. The van der Waals surface area contributed by atoms with Crippen molar-refractivity contribution >= 4 is 29.7 Å². The highest BCUT2D eigenvalue weighted by Crippen LogP contribution is 2.16. The number of hydrogen-bond acceptors (Lipinski definition) is 4. The number of nitrogens with one attached hydrogen (secondary N) is 1. The standard InChI is InChI=1S/C10H17N3O4S/c1-6(4-8(11)14)12-10(17)13-2-3-18-5-7(13)9(15)16/h6-7H,2-5H2,1H3,(H2,11,14)(H,12,17)(H,15,16). The zero-order chi connectivity index (χ0) is 13.7. The Kier molecular flexibility index (Phi) is 5.26. The van der Waals surface area contributed by atoms with Crippen molar-refractivity contribution in [3.05, 3.63) is 0 Å². The summed E-state index contributed by atoms with van der Waals surface area (Å²) < 4.78 is 0. The summed E-state index contributed by atoms with van der Waals surface area (Å²) in [6.45, 7) is 2.04. The van der Waals surface area contributed by atoms with Crippen LogP contribution in [0.3, 0.4) is 0 Å². The van der Waals surface area contributed by atoms with Crippen molar-refractivity contribution in [2.45, 2.75) is 25.4 Å². The average molecular weight is 275 g/mol. The maximum Gasteiger partial charge on any atom is 0.327 e. The SMILES string of the molecule is CC(CC(N)=O)NC(=O)N1CCSCC1C(=O)O. The highest BCUT2D eigenvalue weighted by Gasteiger charge is 2.32. The van der Waals surface area contributed by atoms with E-state index in [1.165, 1.54) is 16.7 Å². The molecule has 0 spiro atoms. The van der Waals surface area contributed by atoms with Gasteiger partial charge in [-0.05, 0) is 6.92 Å². The lowest BCUT2D eigenvalue weighted by Gasteiger charge is -2.33. The summed E-state index contributed by atoms with van der Waals surface area (Å²) >= 11 is 1.51. The molecule has 2 unspecified atom stereocenters. The second-order valence-electron chi connectivity index (χ2n) is 4.14. The number of amides is 3. The molecular weight excluding hydrogens is 258 g/mol. The molecule has 0 aromatic carbocycles. The summed E-state index contributed by atoms with van der Waals surface area (Å²) in [5.41, 5.74) is 5.02. The summed E-state index contributed by atoms with van der Waals surface area (Å²) in [5.74, 6) is -0.430. The number of urea groups is 1. The molecule has 0 radical (unpaired) electrons. The van der Waals surface area contributed by atoms with Crippen LogP contribution in [0.4, 0.5) is 4.79 Å². The Bertz CT molecular complexity index is 350. The van der Waals surface area contributed by atoms with Gasteiger partial charge in [0.05, 0.1) is 0 Å². The molecule has 4 N–H and O–H groups in total. The van der Waals surface area contributed by atoms with E-state index in [1.807, 2.05) is 0 Å². The van der Waals surface area contributed by atoms with Crippen molar-refractivity contribution in [3.63, 3.8) is 0 Å². The summed E-state index contributed by atoms with van der Waals surface area (Å²) in [5, 5.41) is 11.6. The Balaban J connectivity index is 2.58. The van der Waals surface area contributed by atoms with Crippen LogP contribution in [0.1, 0.15) is 13.3 Å². The van der Waals surface area contributed by atoms with E-state index in [9.17, 15) is 14.4 Å². The summed E-state index contributed by atoms with van der Waals surface area (Å²) in [7, 11) is 0. The van der Waals surface area contributed by atoms with E-state index in [1.54, 1.807) is 6.92 Å². The van der Waals surface area contributed by atoms with Gasteiger partial charge in [0.15, 0.2) is 0 Å². The highest BCUT2D eigenvalue weighted by molar-refractivity contribution is 7.99. The van der Waals surface area contributed by atoms with E-state index in [0.717, 1.165) is 0 Å². The molecule has 102 valence electrons. The van der Waals surface area contributed by atoms with E-state index in [4.69, 9.17) is 10.8 Å². The second kappa shape index (κ2) is 6.48. The van der Waals surface area contributed by atoms with Gasteiger partial charge in [-0.3, -0.25) is 4.79 Å². The molecule has 1 fully saturated rings. The first kappa shape index (κ1) is 14.6. The zero-order valence-corrected chi connectivity index (χ0v) is 10.9. The average Bonchev–Trinajstić information content (AvgIpc) is 2.27. The van der Waals surface area contributed by atoms with Gasteiger partial charge in [-0.25, -0.2) is 9.59 Å². The summed E-state index contributed by atoms with van der Waals surface area (Å²) in [4.78, 5) is 34.9. The number of carboxylic acid groups (broad SMARTS) is 1. The Hall–Kier alpha value is -1.44. The van der Waals surface area contributed by atoms with Gasteiger partial charge < -0.3 is 21.1 Å². The molecule has 1 aliphatic heterocycles. The van der Waals surface area contributed by atoms with Gasteiger partial charge >= 0.3 is 12.0 Å². The molecule has 1 rings (SSSR count). The van der Waals surface area contributed by atoms with E-state index in [-0.39, 0.29) is 6.42 Å². The number of hydrogen-bond donors (Lipinski definition) is 3. The largest absolute Gasteiger partial charge is 0.480 e. The minimum Gasteiger partial charge on any atom is -0.480 e. The normalized spacial score (nSPS) is 21.2. The van der Waals surface area contributed by atoms with Crippen molar-refractivity contribution in [3.8, 4) is 0 Å². The molecule has 1 heterocycles. The van der Waals surface area contributed by atoms with Gasteiger partial charge in [-0.2, -0.15) is 11.8 Å². The molecule has 0 aromatic heterocycles. The van der Waals surface area contributed by atoms with Crippen LogP contribution in [0.15, 0.2) is 0 Å². The molecule has 0 aromatic rings. The first-order valence-electron chi connectivity index (χ1n) is 5.57. The maximum atomic E-state index is 11.9. The lowest BCUT2D eigenvalue weighted by Crippen LogP contribution is -2.55. The van der Waals surface area contributed by atoms with Gasteiger partial charge in [-0.15, -0.1) is 0 Å². The third kappa shape index (κ3) is 4.10. The molecule has 0 saturated carbocycles. The molecule has 0 aliphatic carbocycles. The number of aliphatic carboxylic acids is 1. The highest BCUT2D eigenvalue weighted by atomic mass is 32.2. The molecule has 0 bridgehead atoms. The molecule has 8 heteroatoms. The van der Waals surface area contributed by atoms with Crippen LogP contribution in [-0.2, 0) is 9.59 Å². The number of rotatable bonds is 4. The number of nitrogens with zero attached hydrogens (tertiary/aromatic N) is 1. The Labute approximate surface area is 109 Å². The van der Waals surface area contributed by atoms with Crippen molar-refractivity contribution < 1.29 is 19.5 Å². The van der Waals surface area contributed by atoms with Crippen LogP contribution in [0.25, 0.3) is 0 Å². The smallest absolute Gasteiger partial charge is 0.327 e. The topological polar surface area (TPSA) is 113 Å². The Morgan fingerprint density at radius 3 is 2.78 bits per heavy atom. The fourth-order valence-corrected chi connectivity index (χ4v) is 2.74. The number of carboxylic acids is 1. The van der Waals surface area contributed by atoms with Crippen LogP contribution in [0.2, 0.25) is 0 Å². The van der Waals surface area contributed by atoms with Crippen molar-refractivity contribution in [2.24, 2.45) is 5.73 Å². The number of primary amides is 1. The second-order valence-corrected chi connectivity index (χ2v) is 5.29. The Morgan fingerprint density at radius 2 is 2.22 bits per heavy atom. The lowest BCUT2D eigenvalue weighted by atomic mass is 10.2. The van der Waals surface area contributed by atoms with Crippen LogP contribution in [0, 0.1) is 0 Å². The van der Waals surface area contributed by atoms with E-state index >= 15 is 0 Å². The van der Waals surface area contributed by atoms with Gasteiger partial charge in [0.2, 0.25) is 5.91 Å². The quantitative estimate of drug-likeness (QED) is 0.638. The lowest BCUT2D eigenvalue weighted by molar-refractivity contribution is -0.141. The number of thioether (sulfide) groups is 1. The molecule has 3 amide bonds. The van der Waals surface area contributed by atoms with Crippen LogP contribution >= 0.6 is 11.8 Å². The predicted octanol–water partition coefficient (Wildman–Crippen LogP) is -0.538. The molecule has 1 aliphatic rings. The summed E-state index contributed by atoms with van der Waals surface area (Å²) in [6, 6.07) is -1.68. The number of nitrogens with two attached hydrogens (primary N) is 1. The van der Waals surface area contributed by atoms with Gasteiger partial charge in [0.25, 0.3) is 0 Å². The third-order valence-corrected chi connectivity index (χ3v) is 3.57. The van der Waals surface area contributed by atoms with Gasteiger partial charge in [0.1, 0.15) is 6.04 Å². The fourth-order valence-electron chi connectivity index (χ4n) is 1.70. The van der Waals surface area contributed by atoms with Crippen LogP contribution in [0.5, 0.6) is 0 Å². The van der Waals surface area contributed by atoms with E-state index < -0.39 is 30.0 Å².